The summed E-state index contributed by atoms with van der Waals surface area (Å²) in [6.07, 6.45) is 3.59. The van der Waals surface area contributed by atoms with Crippen LogP contribution in [-0.4, -0.2) is 32.8 Å². The predicted octanol–water partition coefficient (Wildman–Crippen LogP) is 4.50. The van der Waals surface area contributed by atoms with Crippen LogP contribution in [-0.2, 0) is 9.53 Å². The molecule has 0 aliphatic carbocycles. The minimum Gasteiger partial charge on any atom is -0.466 e. The van der Waals surface area contributed by atoms with E-state index >= 15 is 0 Å². The summed E-state index contributed by atoms with van der Waals surface area (Å²) in [5.41, 5.74) is 8.12. The molecule has 4 rings (SSSR count). The molecule has 0 saturated carbocycles. The Labute approximate surface area is 180 Å². The number of rotatable bonds is 7. The van der Waals surface area contributed by atoms with Gasteiger partial charge in [-0.05, 0) is 49.7 Å². The van der Waals surface area contributed by atoms with Gasteiger partial charge >= 0.3 is 5.97 Å². The smallest absolute Gasteiger partial charge is 0.311 e. The molecule has 31 heavy (non-hydrogen) atoms. The Morgan fingerprint density at radius 2 is 1.87 bits per heavy atom. The molecule has 2 aromatic heterocycles. The second-order valence-corrected chi connectivity index (χ2v) is 6.92. The van der Waals surface area contributed by atoms with Gasteiger partial charge in [-0.15, -0.1) is 0 Å². The quantitative estimate of drug-likeness (QED) is 0.274. The van der Waals surface area contributed by atoms with E-state index in [1.807, 2.05) is 67.6 Å². The Morgan fingerprint density at radius 1 is 1.10 bits per heavy atom. The zero-order chi connectivity index (χ0) is 21.6. The zero-order valence-corrected chi connectivity index (χ0v) is 17.4. The number of para-hydroxylation sites is 1. The monoisotopic (exact) mass is 413 g/mol. The number of fused-ring (bicyclic) bond motifs is 1. The molecule has 4 aromatic rings. The number of anilines is 1. The van der Waals surface area contributed by atoms with Crippen molar-refractivity contribution in [2.24, 2.45) is 5.10 Å². The van der Waals surface area contributed by atoms with E-state index in [1.54, 1.807) is 19.3 Å². The first-order valence-corrected chi connectivity index (χ1v) is 10.1. The van der Waals surface area contributed by atoms with E-state index in [4.69, 9.17) is 4.74 Å². The number of carbonyl (C=O) groups is 1. The fraction of sp³-hybridized carbons (Fsp3) is 0.167. The number of hydrogen-bond donors (Lipinski definition) is 1. The van der Waals surface area contributed by atoms with E-state index in [2.05, 4.69) is 25.1 Å². The summed E-state index contributed by atoms with van der Waals surface area (Å²) >= 11 is 0. The third kappa shape index (κ3) is 4.61. The van der Waals surface area contributed by atoms with Crippen LogP contribution in [0.4, 0.5) is 5.69 Å². The summed E-state index contributed by atoms with van der Waals surface area (Å²) in [5.74, 6) is 0.561. The molecule has 156 valence electrons. The molecule has 0 amide bonds. The van der Waals surface area contributed by atoms with Crippen LogP contribution in [0.3, 0.4) is 0 Å². The van der Waals surface area contributed by atoms with Crippen molar-refractivity contribution in [3.8, 4) is 5.69 Å². The average Bonchev–Trinajstić information content (AvgIpc) is 3.13. The summed E-state index contributed by atoms with van der Waals surface area (Å²) in [7, 11) is 0. The highest BCUT2D eigenvalue weighted by atomic mass is 16.5. The molecule has 0 aliphatic rings. The molecule has 1 N–H and O–H groups in total. The number of pyridine rings is 1. The fourth-order valence-corrected chi connectivity index (χ4v) is 3.38. The van der Waals surface area contributed by atoms with Gasteiger partial charge in [0, 0.05) is 11.9 Å². The van der Waals surface area contributed by atoms with Gasteiger partial charge in [-0.1, -0.05) is 30.3 Å². The minimum atomic E-state index is -0.316. The predicted molar refractivity (Wildman–Crippen MR) is 121 cm³/mol. The molecule has 0 aliphatic heterocycles. The fourth-order valence-electron chi connectivity index (χ4n) is 3.38. The second kappa shape index (κ2) is 9.21. The average molecular weight is 413 g/mol. The normalized spacial score (nSPS) is 11.5. The zero-order valence-electron chi connectivity index (χ0n) is 17.4. The van der Waals surface area contributed by atoms with Gasteiger partial charge in [0.15, 0.2) is 0 Å². The number of aryl methyl sites for hydroxylation is 1. The Balaban J connectivity index is 1.65. The van der Waals surface area contributed by atoms with Crippen molar-refractivity contribution in [3.05, 3.63) is 84.4 Å². The Bertz CT molecular complexity index is 1210. The van der Waals surface area contributed by atoms with E-state index in [9.17, 15) is 4.79 Å². The number of ether oxygens (including phenoxy) is 1. The molecular weight excluding hydrogens is 390 g/mol. The van der Waals surface area contributed by atoms with E-state index in [1.165, 1.54) is 0 Å². The first-order valence-electron chi connectivity index (χ1n) is 10.1. The van der Waals surface area contributed by atoms with Gasteiger partial charge in [0.05, 0.1) is 36.1 Å². The van der Waals surface area contributed by atoms with Crippen LogP contribution < -0.4 is 5.43 Å². The van der Waals surface area contributed by atoms with E-state index in [0.29, 0.717) is 12.3 Å². The second-order valence-electron chi connectivity index (χ2n) is 6.92. The number of nitrogens with zero attached hydrogens (tertiary/aromatic N) is 4. The lowest BCUT2D eigenvalue weighted by Crippen LogP contribution is -2.14. The summed E-state index contributed by atoms with van der Waals surface area (Å²) < 4.78 is 7.20. The van der Waals surface area contributed by atoms with Gasteiger partial charge in [-0.3, -0.25) is 19.8 Å². The molecule has 0 saturated heterocycles. The number of carbonyl (C=O) groups excluding carboxylic acids is 1. The number of benzene rings is 2. The molecule has 7 nitrogen and oxygen atoms in total. The maximum Gasteiger partial charge on any atom is 0.311 e. The van der Waals surface area contributed by atoms with E-state index in [0.717, 1.165) is 33.8 Å². The lowest BCUT2D eigenvalue weighted by Gasteiger charge is -2.11. The van der Waals surface area contributed by atoms with Gasteiger partial charge in [-0.25, -0.2) is 4.98 Å². The molecule has 0 fully saturated rings. The first kappa shape index (κ1) is 20.3. The van der Waals surface area contributed by atoms with Crippen molar-refractivity contribution in [1.29, 1.82) is 0 Å². The Hall–Kier alpha value is -4.00. The van der Waals surface area contributed by atoms with Crippen molar-refractivity contribution in [2.75, 3.05) is 12.0 Å². The molecule has 0 unspecified atom stereocenters. The molecule has 0 bridgehead atoms. The van der Waals surface area contributed by atoms with E-state index < -0.39 is 0 Å². The lowest BCUT2D eigenvalue weighted by atomic mass is 10.1. The van der Waals surface area contributed by atoms with Gasteiger partial charge in [-0.2, -0.15) is 5.10 Å². The molecule has 0 spiro atoms. The summed E-state index contributed by atoms with van der Waals surface area (Å²) in [6.45, 7) is 4.09. The maximum atomic E-state index is 12.1. The molecule has 2 aromatic carbocycles. The van der Waals surface area contributed by atoms with Gasteiger partial charge < -0.3 is 4.74 Å². The van der Waals surface area contributed by atoms with Crippen molar-refractivity contribution in [3.63, 3.8) is 0 Å². The third-order valence-electron chi connectivity index (χ3n) is 4.79. The summed E-state index contributed by atoms with van der Waals surface area (Å²) in [6, 6.07) is 19.4. The first-order chi connectivity index (χ1) is 15.2. The van der Waals surface area contributed by atoms with Crippen molar-refractivity contribution < 1.29 is 9.53 Å². The van der Waals surface area contributed by atoms with Gasteiger partial charge in [0.1, 0.15) is 11.3 Å². The maximum absolute atomic E-state index is 12.1. The van der Waals surface area contributed by atoms with Crippen LogP contribution in [0, 0.1) is 6.92 Å². The highest BCUT2D eigenvalue weighted by Crippen LogP contribution is 2.21. The standard InChI is InChI=1S/C24H23N5O2/c1-3-31-24(30)15-21(28-27-19-7-5-4-6-8-19)18-9-11-20(12-10-18)29-17(2)26-22-16-25-14-13-23(22)29/h4-14,16,27H,3,15H2,1-2H3/b28-21+. The summed E-state index contributed by atoms with van der Waals surface area (Å²) in [5, 5.41) is 4.48. The van der Waals surface area contributed by atoms with Crippen molar-refractivity contribution >= 4 is 28.4 Å². The van der Waals surface area contributed by atoms with Crippen LogP contribution in [0.15, 0.2) is 78.2 Å². The molecule has 7 heteroatoms. The number of hydrazone groups is 1. The van der Waals surface area contributed by atoms with Crippen LogP contribution in [0.1, 0.15) is 24.7 Å². The number of hydrogen-bond acceptors (Lipinski definition) is 6. The lowest BCUT2D eigenvalue weighted by molar-refractivity contribution is -0.141. The van der Waals surface area contributed by atoms with Gasteiger partial charge in [0.25, 0.3) is 0 Å². The Kier molecular flexibility index (Phi) is 6.03. The van der Waals surface area contributed by atoms with Crippen LogP contribution >= 0.6 is 0 Å². The van der Waals surface area contributed by atoms with Crippen molar-refractivity contribution in [1.82, 2.24) is 14.5 Å². The molecule has 0 radical (unpaired) electrons. The third-order valence-corrected chi connectivity index (χ3v) is 4.79. The Morgan fingerprint density at radius 3 is 2.61 bits per heavy atom. The SMILES string of the molecule is CCOC(=O)C/C(=N\Nc1ccccc1)c1ccc(-n2c(C)nc3cnccc32)cc1. The van der Waals surface area contributed by atoms with Crippen LogP contribution in [0.5, 0.6) is 0 Å². The number of esters is 1. The highest BCUT2D eigenvalue weighted by molar-refractivity contribution is 6.09. The summed E-state index contributed by atoms with van der Waals surface area (Å²) in [4.78, 5) is 20.9. The number of nitrogens with one attached hydrogen (secondary N) is 1. The highest BCUT2D eigenvalue weighted by Gasteiger charge is 2.13. The topological polar surface area (TPSA) is 81.4 Å². The molecule has 2 heterocycles. The largest absolute Gasteiger partial charge is 0.466 e. The van der Waals surface area contributed by atoms with E-state index in [-0.39, 0.29) is 12.4 Å². The molecule has 0 atom stereocenters. The van der Waals surface area contributed by atoms with Crippen LogP contribution in [0.2, 0.25) is 0 Å². The van der Waals surface area contributed by atoms with Crippen LogP contribution in [0.25, 0.3) is 16.7 Å². The number of aromatic nitrogens is 3. The van der Waals surface area contributed by atoms with Gasteiger partial charge in [0.2, 0.25) is 0 Å². The van der Waals surface area contributed by atoms with Crippen molar-refractivity contribution in [2.45, 2.75) is 20.3 Å². The number of imidazole rings is 1. The minimum absolute atomic E-state index is 0.0751. The molecular formula is C24H23N5O2.